The Balaban J connectivity index is 1.83. The first-order valence-electron chi connectivity index (χ1n) is 12.0. The van der Waals surface area contributed by atoms with Crippen LogP contribution in [0.3, 0.4) is 0 Å². The maximum absolute atomic E-state index is 13.9. The third kappa shape index (κ3) is 6.06. The van der Waals surface area contributed by atoms with Crippen molar-refractivity contribution >= 4 is 11.7 Å². The van der Waals surface area contributed by atoms with E-state index in [4.69, 9.17) is 0 Å². The number of halogens is 6. The topological polar surface area (TPSA) is 50.3 Å². The summed E-state index contributed by atoms with van der Waals surface area (Å²) in [5.41, 5.74) is -1.67. The summed E-state index contributed by atoms with van der Waals surface area (Å²) in [6.45, 7) is 1.21. The van der Waals surface area contributed by atoms with Crippen molar-refractivity contribution in [2.75, 3.05) is 7.05 Å². The Morgan fingerprint density at radius 1 is 0.775 bits per heavy atom. The fraction of sp³-hybridized carbons (Fsp3) is 0.167. The van der Waals surface area contributed by atoms with Crippen molar-refractivity contribution in [3.63, 3.8) is 0 Å². The molecule has 3 aromatic carbocycles. The van der Waals surface area contributed by atoms with Crippen LogP contribution in [0.4, 0.5) is 26.3 Å². The van der Waals surface area contributed by atoms with Crippen LogP contribution in [-0.2, 0) is 18.9 Å². The predicted molar refractivity (Wildman–Crippen MR) is 137 cm³/mol. The zero-order valence-corrected chi connectivity index (χ0v) is 21.3. The maximum Gasteiger partial charge on any atom is 0.416 e. The third-order valence-electron chi connectivity index (χ3n) is 6.27. The van der Waals surface area contributed by atoms with E-state index in [2.05, 4.69) is 4.98 Å². The number of hydrogen-bond donors (Lipinski definition) is 0. The summed E-state index contributed by atoms with van der Waals surface area (Å²) in [5, 5.41) is 0. The van der Waals surface area contributed by atoms with Crippen LogP contribution in [-0.4, -0.2) is 28.6 Å². The molecule has 0 bridgehead atoms. The van der Waals surface area contributed by atoms with Crippen molar-refractivity contribution in [1.29, 1.82) is 0 Å². The van der Waals surface area contributed by atoms with E-state index in [9.17, 15) is 35.9 Å². The van der Waals surface area contributed by atoms with E-state index in [1.807, 2.05) is 0 Å². The largest absolute Gasteiger partial charge is 0.416 e. The Labute approximate surface area is 225 Å². The summed E-state index contributed by atoms with van der Waals surface area (Å²) in [6, 6.07) is 17.8. The molecule has 0 atom stereocenters. The van der Waals surface area contributed by atoms with Crippen LogP contribution < -0.4 is 0 Å². The Morgan fingerprint density at radius 3 is 1.93 bits per heavy atom. The van der Waals surface area contributed by atoms with Gasteiger partial charge in [-0.25, -0.2) is 0 Å². The molecule has 4 rings (SSSR count). The first-order valence-corrected chi connectivity index (χ1v) is 12.0. The van der Waals surface area contributed by atoms with Gasteiger partial charge in [-0.15, -0.1) is 0 Å². The second kappa shape index (κ2) is 11.0. The average molecular weight is 557 g/mol. The minimum Gasteiger partial charge on any atom is -0.337 e. The van der Waals surface area contributed by atoms with Crippen molar-refractivity contribution < 1.29 is 35.9 Å². The van der Waals surface area contributed by atoms with Crippen molar-refractivity contribution in [1.82, 2.24) is 9.88 Å². The lowest BCUT2D eigenvalue weighted by atomic mass is 9.92. The smallest absolute Gasteiger partial charge is 0.337 e. The molecule has 0 unspecified atom stereocenters. The van der Waals surface area contributed by atoms with Crippen LogP contribution in [0.1, 0.15) is 48.7 Å². The number of carbonyl (C=O) groups excluding carboxylic acids is 2. The number of ketones is 1. The zero-order chi connectivity index (χ0) is 29.2. The number of benzene rings is 3. The van der Waals surface area contributed by atoms with Gasteiger partial charge in [-0.2, -0.15) is 26.3 Å². The minimum absolute atomic E-state index is 0.0271. The second-order valence-corrected chi connectivity index (χ2v) is 9.17. The molecular weight excluding hydrogens is 534 g/mol. The standard InChI is InChI=1S/C30H22F6N2O2/c1-18-8-6-7-11-23(18)24-12-13-37-26(27(39)20-9-4-3-5-10-20)25(24)28(40)38(2)17-19-14-21(29(31,32)33)16-22(15-19)30(34,35)36/h3-16H,17H2,1-2H3. The van der Waals surface area contributed by atoms with E-state index in [1.54, 1.807) is 61.5 Å². The molecule has 4 aromatic rings. The van der Waals surface area contributed by atoms with Gasteiger partial charge in [0, 0.05) is 25.4 Å². The number of pyridine rings is 1. The molecule has 1 aromatic heterocycles. The lowest BCUT2D eigenvalue weighted by Crippen LogP contribution is -2.29. The first-order chi connectivity index (χ1) is 18.8. The van der Waals surface area contributed by atoms with E-state index < -0.39 is 41.7 Å². The zero-order valence-electron chi connectivity index (χ0n) is 21.3. The molecule has 0 spiro atoms. The summed E-state index contributed by atoms with van der Waals surface area (Å²) < 4.78 is 80.3. The number of alkyl halides is 6. The quantitative estimate of drug-likeness (QED) is 0.182. The molecule has 1 amide bonds. The minimum atomic E-state index is -5.03. The molecule has 0 saturated carbocycles. The molecular formula is C30H22F6N2O2. The van der Waals surface area contributed by atoms with Gasteiger partial charge in [0.05, 0.1) is 16.7 Å². The number of nitrogens with zero attached hydrogens (tertiary/aromatic N) is 2. The van der Waals surface area contributed by atoms with Crippen molar-refractivity contribution in [3.8, 4) is 11.1 Å². The molecule has 0 fully saturated rings. The fourth-order valence-electron chi connectivity index (χ4n) is 4.32. The van der Waals surface area contributed by atoms with Gasteiger partial charge < -0.3 is 4.90 Å². The van der Waals surface area contributed by atoms with Crippen molar-refractivity contribution in [2.45, 2.75) is 25.8 Å². The molecule has 0 radical (unpaired) electrons. The summed E-state index contributed by atoms with van der Waals surface area (Å²) in [6.07, 6.45) is -8.69. The average Bonchev–Trinajstić information content (AvgIpc) is 2.91. The maximum atomic E-state index is 13.9. The molecule has 1 heterocycles. The lowest BCUT2D eigenvalue weighted by Gasteiger charge is -2.22. The van der Waals surface area contributed by atoms with E-state index >= 15 is 0 Å². The first kappa shape index (κ1) is 28.5. The summed E-state index contributed by atoms with van der Waals surface area (Å²) in [4.78, 5) is 32.5. The molecule has 0 aliphatic carbocycles. The Kier molecular flexibility index (Phi) is 7.81. The lowest BCUT2D eigenvalue weighted by molar-refractivity contribution is -0.143. The van der Waals surface area contributed by atoms with Gasteiger partial charge in [0.2, 0.25) is 5.78 Å². The highest BCUT2D eigenvalue weighted by Crippen LogP contribution is 2.37. The van der Waals surface area contributed by atoms with E-state index in [1.165, 1.54) is 19.3 Å². The van der Waals surface area contributed by atoms with Gasteiger partial charge >= 0.3 is 12.4 Å². The summed E-state index contributed by atoms with van der Waals surface area (Å²) in [7, 11) is 1.24. The number of amides is 1. The molecule has 0 aliphatic rings. The highest BCUT2D eigenvalue weighted by Gasteiger charge is 2.37. The van der Waals surface area contributed by atoms with Crippen LogP contribution in [0, 0.1) is 6.92 Å². The molecule has 0 N–H and O–H groups in total. The van der Waals surface area contributed by atoms with Crippen molar-refractivity contribution in [3.05, 3.63) is 124 Å². The van der Waals surface area contributed by atoms with Gasteiger partial charge in [-0.1, -0.05) is 54.6 Å². The van der Waals surface area contributed by atoms with Crippen LogP contribution in [0.15, 0.2) is 85.1 Å². The van der Waals surface area contributed by atoms with E-state index in [0.29, 0.717) is 23.3 Å². The van der Waals surface area contributed by atoms with Crippen LogP contribution in [0.25, 0.3) is 11.1 Å². The Bertz CT molecular complexity index is 1530. The van der Waals surface area contributed by atoms with E-state index in [-0.39, 0.29) is 28.5 Å². The molecule has 0 aliphatic heterocycles. The van der Waals surface area contributed by atoms with Crippen molar-refractivity contribution in [2.24, 2.45) is 0 Å². The van der Waals surface area contributed by atoms with Gasteiger partial charge in [-0.3, -0.25) is 14.6 Å². The predicted octanol–water partition coefficient (Wildman–Crippen LogP) is 7.60. The number of carbonyl (C=O) groups is 2. The molecule has 206 valence electrons. The highest BCUT2D eigenvalue weighted by molar-refractivity contribution is 6.16. The Hall–Kier alpha value is -4.47. The van der Waals surface area contributed by atoms with Gasteiger partial charge in [-0.05, 0) is 53.4 Å². The fourth-order valence-corrected chi connectivity index (χ4v) is 4.32. The Morgan fingerprint density at radius 2 is 1.35 bits per heavy atom. The van der Waals surface area contributed by atoms with Crippen LogP contribution >= 0.6 is 0 Å². The SMILES string of the molecule is Cc1ccccc1-c1ccnc(C(=O)c2ccccc2)c1C(=O)N(C)Cc1cc(C(F)(F)F)cc(C(F)(F)F)c1. The molecule has 4 nitrogen and oxygen atoms in total. The molecule has 10 heteroatoms. The van der Waals surface area contributed by atoms with Gasteiger partial charge in [0.25, 0.3) is 5.91 Å². The number of aryl methyl sites for hydroxylation is 1. The molecule has 40 heavy (non-hydrogen) atoms. The van der Waals surface area contributed by atoms with Gasteiger partial charge in [0.15, 0.2) is 0 Å². The highest BCUT2D eigenvalue weighted by atomic mass is 19.4. The summed E-state index contributed by atoms with van der Waals surface area (Å²) in [5.74, 6) is -1.36. The molecule has 0 saturated heterocycles. The normalized spacial score (nSPS) is 11.8. The van der Waals surface area contributed by atoms with Gasteiger partial charge in [0.1, 0.15) is 5.69 Å². The number of aromatic nitrogens is 1. The van der Waals surface area contributed by atoms with Crippen LogP contribution in [0.5, 0.6) is 0 Å². The van der Waals surface area contributed by atoms with E-state index in [0.717, 1.165) is 10.5 Å². The second-order valence-electron chi connectivity index (χ2n) is 9.17. The summed E-state index contributed by atoms with van der Waals surface area (Å²) >= 11 is 0. The van der Waals surface area contributed by atoms with Crippen LogP contribution in [0.2, 0.25) is 0 Å². The number of hydrogen-bond acceptors (Lipinski definition) is 3. The third-order valence-corrected chi connectivity index (χ3v) is 6.27. The monoisotopic (exact) mass is 556 g/mol. The number of rotatable bonds is 6.